The fourth-order valence-electron chi connectivity index (χ4n) is 3.34. The monoisotopic (exact) mass is 277 g/mol. The lowest BCUT2D eigenvalue weighted by Gasteiger charge is -2.53. The van der Waals surface area contributed by atoms with E-state index in [0.29, 0.717) is 36.6 Å². The van der Waals surface area contributed by atoms with Crippen LogP contribution in [0.3, 0.4) is 0 Å². The average Bonchev–Trinajstić information content (AvgIpc) is 2.15. The summed E-state index contributed by atoms with van der Waals surface area (Å²) in [6, 6.07) is 1.01. The van der Waals surface area contributed by atoms with Crippen LogP contribution in [0.2, 0.25) is 0 Å². The van der Waals surface area contributed by atoms with E-state index in [-0.39, 0.29) is 6.10 Å². The van der Waals surface area contributed by atoms with Crippen molar-refractivity contribution in [3.8, 4) is 0 Å². The number of hydrogen-bond acceptors (Lipinski definition) is 5. The second kappa shape index (κ2) is 4.88. The van der Waals surface area contributed by atoms with Gasteiger partial charge in [-0.3, -0.25) is 14.2 Å². The third-order valence-corrected chi connectivity index (χ3v) is 3.93. The SMILES string of the molecule is CS(=O)(=O)O.O=C1CN2C3CC(O)CC2CC1C3. The number of nitrogens with zero attached hydrogens (tertiary/aromatic N) is 1. The van der Waals surface area contributed by atoms with E-state index in [4.69, 9.17) is 4.55 Å². The van der Waals surface area contributed by atoms with Crippen molar-refractivity contribution in [3.05, 3.63) is 0 Å². The fraction of sp³-hybridized carbons (Fsp3) is 0.909. The number of carbonyl (C=O) groups is 1. The van der Waals surface area contributed by atoms with Gasteiger partial charge in [0, 0.05) is 18.0 Å². The number of ketones is 1. The van der Waals surface area contributed by atoms with Gasteiger partial charge in [-0.05, 0) is 25.7 Å². The number of aliphatic hydroxyl groups excluding tert-OH is 1. The molecule has 0 radical (unpaired) electrons. The Labute approximate surface area is 107 Å². The van der Waals surface area contributed by atoms with Gasteiger partial charge in [0.2, 0.25) is 0 Å². The van der Waals surface area contributed by atoms with Crippen LogP contribution in [-0.2, 0) is 14.9 Å². The third-order valence-electron chi connectivity index (χ3n) is 3.93. The molecule has 18 heavy (non-hydrogen) atoms. The van der Waals surface area contributed by atoms with Crippen molar-refractivity contribution in [1.29, 1.82) is 0 Å². The molecular weight excluding hydrogens is 258 g/mol. The van der Waals surface area contributed by atoms with Crippen molar-refractivity contribution in [2.75, 3.05) is 12.8 Å². The molecule has 4 rings (SSSR count). The predicted octanol–water partition coefficient (Wildman–Crippen LogP) is -0.323. The highest BCUT2D eigenvalue weighted by Gasteiger charge is 2.48. The lowest BCUT2D eigenvalue weighted by molar-refractivity contribution is -0.144. The minimum absolute atomic E-state index is 0.111. The van der Waals surface area contributed by atoms with Gasteiger partial charge in [-0.15, -0.1) is 0 Å². The van der Waals surface area contributed by atoms with Gasteiger partial charge < -0.3 is 5.11 Å². The molecule has 2 atom stereocenters. The van der Waals surface area contributed by atoms with Gasteiger partial charge in [-0.1, -0.05) is 0 Å². The van der Waals surface area contributed by atoms with Crippen LogP contribution < -0.4 is 0 Å². The maximum atomic E-state index is 11.5. The van der Waals surface area contributed by atoms with E-state index in [1.54, 1.807) is 0 Å². The van der Waals surface area contributed by atoms with Crippen LogP contribution in [0.5, 0.6) is 0 Å². The summed E-state index contributed by atoms with van der Waals surface area (Å²) in [4.78, 5) is 13.8. The molecule has 7 heteroatoms. The number of fused-ring (bicyclic) bond motifs is 1. The van der Waals surface area contributed by atoms with Crippen LogP contribution in [0.15, 0.2) is 0 Å². The number of Topliss-reactive ketones (excluding diaryl/α,β-unsaturated/α-hetero) is 1. The Morgan fingerprint density at radius 2 is 1.61 bits per heavy atom. The van der Waals surface area contributed by atoms with E-state index >= 15 is 0 Å². The van der Waals surface area contributed by atoms with E-state index in [1.807, 2.05) is 0 Å². The number of rotatable bonds is 0. The van der Waals surface area contributed by atoms with Crippen LogP contribution in [0.25, 0.3) is 0 Å². The molecular formula is C11H19NO5S. The molecule has 0 saturated carbocycles. The molecule has 4 bridgehead atoms. The molecule has 0 aliphatic carbocycles. The maximum Gasteiger partial charge on any atom is 0.261 e. The molecule has 6 nitrogen and oxygen atoms in total. The summed E-state index contributed by atoms with van der Waals surface area (Å²) in [7, 11) is -3.67. The predicted molar refractivity (Wildman–Crippen MR) is 64.7 cm³/mol. The first kappa shape index (κ1) is 13.9. The van der Waals surface area contributed by atoms with Crippen molar-refractivity contribution in [2.24, 2.45) is 5.92 Å². The molecule has 0 spiro atoms. The van der Waals surface area contributed by atoms with Gasteiger partial charge in [-0.25, -0.2) is 0 Å². The van der Waals surface area contributed by atoms with Gasteiger partial charge in [0.25, 0.3) is 10.1 Å². The summed E-state index contributed by atoms with van der Waals surface area (Å²) in [5.41, 5.74) is 0. The normalized spacial score (nSPS) is 42.2. The summed E-state index contributed by atoms with van der Waals surface area (Å²) >= 11 is 0. The highest BCUT2D eigenvalue weighted by atomic mass is 32.2. The van der Waals surface area contributed by atoms with Crippen molar-refractivity contribution < 1.29 is 22.9 Å². The van der Waals surface area contributed by atoms with E-state index < -0.39 is 10.1 Å². The summed E-state index contributed by atoms with van der Waals surface area (Å²) in [6.45, 7) is 0.659. The first-order chi connectivity index (χ1) is 8.24. The molecule has 4 fully saturated rings. The van der Waals surface area contributed by atoms with Crippen molar-refractivity contribution in [3.63, 3.8) is 0 Å². The van der Waals surface area contributed by atoms with E-state index in [9.17, 15) is 18.3 Å². The van der Waals surface area contributed by atoms with Gasteiger partial charge in [0.1, 0.15) is 5.78 Å². The van der Waals surface area contributed by atoms with Crippen LogP contribution in [0.4, 0.5) is 0 Å². The Balaban J connectivity index is 0.000000209. The summed E-state index contributed by atoms with van der Waals surface area (Å²) < 4.78 is 25.9. The Morgan fingerprint density at radius 1 is 1.17 bits per heavy atom. The zero-order chi connectivity index (χ0) is 13.5. The molecule has 4 aliphatic heterocycles. The Hall–Kier alpha value is -0.500. The molecule has 4 aliphatic rings. The Bertz CT molecular complexity index is 411. The molecule has 2 N–H and O–H groups in total. The van der Waals surface area contributed by atoms with Crippen molar-refractivity contribution >= 4 is 15.9 Å². The summed E-state index contributed by atoms with van der Waals surface area (Å²) in [6.07, 6.45) is 4.40. The fourth-order valence-corrected chi connectivity index (χ4v) is 3.34. The number of piperidine rings is 4. The minimum atomic E-state index is -3.67. The van der Waals surface area contributed by atoms with E-state index in [1.165, 1.54) is 0 Å². The summed E-state index contributed by atoms with van der Waals surface area (Å²) in [5.74, 6) is 0.761. The van der Waals surface area contributed by atoms with Gasteiger partial charge in [-0.2, -0.15) is 8.42 Å². The Morgan fingerprint density at radius 3 is 2.00 bits per heavy atom. The first-order valence-electron chi connectivity index (χ1n) is 6.13. The maximum absolute atomic E-state index is 11.5. The molecule has 0 aromatic rings. The van der Waals surface area contributed by atoms with Crippen molar-refractivity contribution in [2.45, 2.75) is 43.9 Å². The van der Waals surface area contributed by atoms with Crippen LogP contribution in [0, 0.1) is 5.92 Å². The lowest BCUT2D eigenvalue weighted by atomic mass is 9.72. The molecule has 0 aromatic carbocycles. The van der Waals surface area contributed by atoms with E-state index in [0.717, 1.165) is 25.7 Å². The molecule has 4 saturated heterocycles. The van der Waals surface area contributed by atoms with Crippen LogP contribution >= 0.6 is 0 Å². The zero-order valence-electron chi connectivity index (χ0n) is 10.3. The lowest BCUT2D eigenvalue weighted by Crippen LogP contribution is -2.62. The average molecular weight is 277 g/mol. The van der Waals surface area contributed by atoms with Crippen molar-refractivity contribution in [1.82, 2.24) is 4.90 Å². The molecule has 0 aromatic heterocycles. The topological polar surface area (TPSA) is 94.9 Å². The highest BCUT2D eigenvalue weighted by molar-refractivity contribution is 7.85. The molecule has 2 unspecified atom stereocenters. The summed E-state index contributed by atoms with van der Waals surface area (Å²) in [5, 5.41) is 9.60. The molecule has 4 heterocycles. The van der Waals surface area contributed by atoms with Gasteiger partial charge in [0.15, 0.2) is 0 Å². The number of hydrogen-bond donors (Lipinski definition) is 2. The largest absolute Gasteiger partial charge is 0.393 e. The minimum Gasteiger partial charge on any atom is -0.393 e. The Kier molecular flexibility index (Phi) is 3.77. The molecule has 104 valence electrons. The first-order valence-corrected chi connectivity index (χ1v) is 7.98. The van der Waals surface area contributed by atoms with Gasteiger partial charge in [0.05, 0.1) is 18.9 Å². The quantitative estimate of drug-likeness (QED) is 0.589. The van der Waals surface area contributed by atoms with Crippen LogP contribution in [-0.4, -0.2) is 59.7 Å². The smallest absolute Gasteiger partial charge is 0.261 e. The highest BCUT2D eigenvalue weighted by Crippen LogP contribution is 2.41. The standard InChI is InChI=1S/C10H15NO2.CH4O3S/c12-9-3-7-1-6-2-8(4-9)11(7)5-10(6)13;1-5(2,3)4/h6-9,12H,1-5H2;1H3,(H,2,3,4). The van der Waals surface area contributed by atoms with Gasteiger partial charge >= 0.3 is 0 Å². The van der Waals surface area contributed by atoms with E-state index in [2.05, 4.69) is 4.90 Å². The number of aliphatic hydroxyl groups is 1. The van der Waals surface area contributed by atoms with Crippen LogP contribution in [0.1, 0.15) is 25.7 Å². The second-order valence-corrected chi connectivity index (χ2v) is 6.94. The third kappa shape index (κ3) is 3.28. The second-order valence-electron chi connectivity index (χ2n) is 5.47. The molecule has 0 amide bonds. The number of carbonyl (C=O) groups excluding carboxylic acids is 1. The zero-order valence-corrected chi connectivity index (χ0v) is 11.1.